The quantitative estimate of drug-likeness (QED) is 0.875. The third-order valence-corrected chi connectivity index (χ3v) is 3.32. The summed E-state index contributed by atoms with van der Waals surface area (Å²) in [5, 5.41) is 0. The van der Waals surface area contributed by atoms with Crippen LogP contribution in [0.1, 0.15) is 22.8 Å². The number of amides is 1. The summed E-state index contributed by atoms with van der Waals surface area (Å²) in [6.45, 7) is 4.21. The SMILES string of the molecule is COc1cc(C(=O)N(C)C(C)CN)cc(OC)c1C. The van der Waals surface area contributed by atoms with Crippen LogP contribution in [0.3, 0.4) is 0 Å². The number of methoxy groups -OCH3 is 2. The molecule has 1 rings (SSSR count). The molecule has 0 aliphatic carbocycles. The number of ether oxygens (including phenoxy) is 2. The molecule has 106 valence electrons. The topological polar surface area (TPSA) is 64.8 Å². The summed E-state index contributed by atoms with van der Waals surface area (Å²) in [6.07, 6.45) is 0. The van der Waals surface area contributed by atoms with Gasteiger partial charge in [-0.3, -0.25) is 4.79 Å². The number of hydrogen-bond donors (Lipinski definition) is 1. The molecule has 1 unspecified atom stereocenters. The lowest BCUT2D eigenvalue weighted by atomic mass is 10.1. The van der Waals surface area contributed by atoms with Crippen molar-refractivity contribution in [2.45, 2.75) is 19.9 Å². The van der Waals surface area contributed by atoms with Crippen LogP contribution < -0.4 is 15.2 Å². The highest BCUT2D eigenvalue weighted by Gasteiger charge is 2.19. The normalized spacial score (nSPS) is 11.9. The Hall–Kier alpha value is -1.75. The molecule has 0 aliphatic heterocycles. The summed E-state index contributed by atoms with van der Waals surface area (Å²) in [6, 6.07) is 3.42. The molecule has 0 radical (unpaired) electrons. The summed E-state index contributed by atoms with van der Waals surface area (Å²) >= 11 is 0. The molecule has 1 aromatic rings. The van der Waals surface area contributed by atoms with E-state index in [1.54, 1.807) is 38.3 Å². The Morgan fingerprint density at radius 2 is 1.79 bits per heavy atom. The van der Waals surface area contributed by atoms with Gasteiger partial charge in [0.15, 0.2) is 0 Å². The predicted octanol–water partition coefficient (Wildman–Crippen LogP) is 1.43. The van der Waals surface area contributed by atoms with Gasteiger partial charge in [-0.15, -0.1) is 0 Å². The molecule has 0 aliphatic rings. The van der Waals surface area contributed by atoms with E-state index in [2.05, 4.69) is 0 Å². The molecule has 1 atom stereocenters. The highest BCUT2D eigenvalue weighted by molar-refractivity contribution is 5.95. The zero-order valence-corrected chi connectivity index (χ0v) is 12.2. The third kappa shape index (κ3) is 3.17. The third-order valence-electron chi connectivity index (χ3n) is 3.32. The molecular weight excluding hydrogens is 244 g/mol. The van der Waals surface area contributed by atoms with E-state index in [9.17, 15) is 4.79 Å². The van der Waals surface area contributed by atoms with Crippen LogP contribution in [0.25, 0.3) is 0 Å². The number of nitrogens with zero attached hydrogens (tertiary/aromatic N) is 1. The molecule has 1 amide bonds. The van der Waals surface area contributed by atoms with Crippen LogP contribution in [0.2, 0.25) is 0 Å². The van der Waals surface area contributed by atoms with Crippen molar-refractivity contribution in [3.63, 3.8) is 0 Å². The second-order valence-electron chi connectivity index (χ2n) is 4.51. The Balaban J connectivity index is 3.17. The smallest absolute Gasteiger partial charge is 0.254 e. The highest BCUT2D eigenvalue weighted by atomic mass is 16.5. The van der Waals surface area contributed by atoms with E-state index in [1.165, 1.54) is 0 Å². The maximum atomic E-state index is 12.4. The maximum absolute atomic E-state index is 12.4. The fourth-order valence-electron chi connectivity index (χ4n) is 1.77. The van der Waals surface area contributed by atoms with E-state index >= 15 is 0 Å². The van der Waals surface area contributed by atoms with Crippen LogP contribution in [-0.2, 0) is 0 Å². The number of likely N-dealkylation sites (N-methyl/N-ethyl adjacent to an activating group) is 1. The maximum Gasteiger partial charge on any atom is 0.254 e. The average Bonchev–Trinajstić information content (AvgIpc) is 2.44. The summed E-state index contributed by atoms with van der Waals surface area (Å²) < 4.78 is 10.5. The number of carbonyl (C=O) groups excluding carboxylic acids is 1. The standard InChI is InChI=1S/C14H22N2O3/c1-9(8-15)16(3)14(17)11-6-12(18-4)10(2)13(7-11)19-5/h6-7,9H,8,15H2,1-5H3. The van der Waals surface area contributed by atoms with Crippen molar-refractivity contribution in [1.29, 1.82) is 0 Å². The number of hydrogen-bond acceptors (Lipinski definition) is 4. The first-order chi connectivity index (χ1) is 8.96. The van der Waals surface area contributed by atoms with Gasteiger partial charge in [0.1, 0.15) is 11.5 Å². The largest absolute Gasteiger partial charge is 0.496 e. The number of benzene rings is 1. The monoisotopic (exact) mass is 266 g/mol. The van der Waals surface area contributed by atoms with Crippen LogP contribution in [0.15, 0.2) is 12.1 Å². The molecule has 0 saturated heterocycles. The molecule has 2 N–H and O–H groups in total. The first-order valence-corrected chi connectivity index (χ1v) is 6.16. The van der Waals surface area contributed by atoms with Crippen molar-refractivity contribution in [3.8, 4) is 11.5 Å². The Morgan fingerprint density at radius 1 is 1.32 bits per heavy atom. The molecule has 0 spiro atoms. The van der Waals surface area contributed by atoms with Crippen molar-refractivity contribution < 1.29 is 14.3 Å². The Kier molecular flexibility index (Phi) is 5.18. The molecule has 19 heavy (non-hydrogen) atoms. The van der Waals surface area contributed by atoms with Crippen molar-refractivity contribution >= 4 is 5.91 Å². The van der Waals surface area contributed by atoms with Gasteiger partial charge >= 0.3 is 0 Å². The van der Waals surface area contributed by atoms with E-state index in [-0.39, 0.29) is 11.9 Å². The number of nitrogens with two attached hydrogens (primary N) is 1. The summed E-state index contributed by atoms with van der Waals surface area (Å²) in [4.78, 5) is 14.0. The van der Waals surface area contributed by atoms with Gasteiger partial charge in [0.25, 0.3) is 5.91 Å². The first kappa shape index (κ1) is 15.3. The van der Waals surface area contributed by atoms with E-state index in [0.717, 1.165) is 5.56 Å². The van der Waals surface area contributed by atoms with Crippen LogP contribution >= 0.6 is 0 Å². The molecular formula is C14H22N2O3. The fourth-order valence-corrected chi connectivity index (χ4v) is 1.77. The van der Waals surface area contributed by atoms with Crippen molar-refractivity contribution in [1.82, 2.24) is 4.90 Å². The Morgan fingerprint density at radius 3 is 2.16 bits per heavy atom. The zero-order valence-electron chi connectivity index (χ0n) is 12.2. The molecule has 0 saturated carbocycles. The molecule has 0 fully saturated rings. The molecule has 0 heterocycles. The molecule has 1 aromatic carbocycles. The van der Waals surface area contributed by atoms with Crippen LogP contribution in [0.4, 0.5) is 0 Å². The zero-order chi connectivity index (χ0) is 14.6. The summed E-state index contributed by atoms with van der Waals surface area (Å²) in [7, 11) is 4.88. The van der Waals surface area contributed by atoms with Gasteiger partial charge in [-0.25, -0.2) is 0 Å². The lowest BCUT2D eigenvalue weighted by Gasteiger charge is -2.24. The average molecular weight is 266 g/mol. The molecule has 5 nitrogen and oxygen atoms in total. The van der Waals surface area contributed by atoms with E-state index in [1.807, 2.05) is 13.8 Å². The molecule has 0 aromatic heterocycles. The van der Waals surface area contributed by atoms with Crippen molar-refractivity contribution in [2.24, 2.45) is 5.73 Å². The second kappa shape index (κ2) is 6.43. The highest BCUT2D eigenvalue weighted by Crippen LogP contribution is 2.30. The van der Waals surface area contributed by atoms with Gasteiger partial charge in [0.05, 0.1) is 14.2 Å². The van der Waals surface area contributed by atoms with Gasteiger partial charge in [-0.05, 0) is 26.0 Å². The molecule has 0 bridgehead atoms. The fraction of sp³-hybridized carbons (Fsp3) is 0.500. The van der Waals surface area contributed by atoms with Crippen LogP contribution in [0.5, 0.6) is 11.5 Å². The lowest BCUT2D eigenvalue weighted by molar-refractivity contribution is 0.0747. The predicted molar refractivity (Wildman–Crippen MR) is 74.9 cm³/mol. The van der Waals surface area contributed by atoms with Gasteiger partial charge in [-0.1, -0.05) is 0 Å². The minimum atomic E-state index is -0.102. The summed E-state index contributed by atoms with van der Waals surface area (Å²) in [5.41, 5.74) is 6.98. The Bertz CT molecular complexity index is 435. The van der Waals surface area contributed by atoms with Gasteiger partial charge < -0.3 is 20.1 Å². The molecule has 5 heteroatoms. The van der Waals surface area contributed by atoms with E-state index in [0.29, 0.717) is 23.6 Å². The first-order valence-electron chi connectivity index (χ1n) is 6.16. The number of carbonyl (C=O) groups is 1. The second-order valence-corrected chi connectivity index (χ2v) is 4.51. The van der Waals surface area contributed by atoms with Crippen LogP contribution in [-0.4, -0.2) is 44.7 Å². The number of rotatable bonds is 5. The van der Waals surface area contributed by atoms with Crippen LogP contribution in [0, 0.1) is 6.92 Å². The lowest BCUT2D eigenvalue weighted by Crippen LogP contribution is -2.39. The minimum absolute atomic E-state index is 0.0224. The van der Waals surface area contributed by atoms with E-state index < -0.39 is 0 Å². The van der Waals surface area contributed by atoms with Gasteiger partial charge in [0, 0.05) is 30.8 Å². The van der Waals surface area contributed by atoms with Crippen molar-refractivity contribution in [3.05, 3.63) is 23.3 Å². The minimum Gasteiger partial charge on any atom is -0.496 e. The van der Waals surface area contributed by atoms with Gasteiger partial charge in [0.2, 0.25) is 0 Å². The Labute approximate surface area is 114 Å². The van der Waals surface area contributed by atoms with Crippen molar-refractivity contribution in [2.75, 3.05) is 27.8 Å². The summed E-state index contributed by atoms with van der Waals surface area (Å²) in [5.74, 6) is 1.17. The van der Waals surface area contributed by atoms with E-state index in [4.69, 9.17) is 15.2 Å². The van der Waals surface area contributed by atoms with Gasteiger partial charge in [-0.2, -0.15) is 0 Å².